The average molecular weight is 310 g/mol. The van der Waals surface area contributed by atoms with E-state index in [4.69, 9.17) is 11.6 Å². The highest BCUT2D eigenvalue weighted by atomic mass is 35.5. The number of carbonyl (C=O) groups excluding carboxylic acids is 1. The van der Waals surface area contributed by atoms with Crippen molar-refractivity contribution in [3.8, 4) is 0 Å². The summed E-state index contributed by atoms with van der Waals surface area (Å²) in [5, 5.41) is 19.9. The number of β-amino-alcohol motifs (C(OH)–C–C–N with tert-alkyl or cyclic N) is 1. The lowest BCUT2D eigenvalue weighted by Crippen LogP contribution is -2.52. The van der Waals surface area contributed by atoms with Gasteiger partial charge in [0, 0.05) is 18.9 Å². The third kappa shape index (κ3) is 2.74. The fraction of sp³-hybridized carbons (Fsp3) is 0.429. The van der Waals surface area contributed by atoms with Crippen LogP contribution in [0.1, 0.15) is 23.3 Å². The van der Waals surface area contributed by atoms with Crippen LogP contribution in [0.4, 0.5) is 0 Å². The second-order valence-corrected chi connectivity index (χ2v) is 5.89. The number of amides is 1. The predicted molar refractivity (Wildman–Crippen MR) is 77.4 cm³/mol. The molecular weight excluding hydrogens is 294 g/mol. The number of imidazole rings is 1. The first kappa shape index (κ1) is 14.3. The van der Waals surface area contributed by atoms with E-state index in [1.54, 1.807) is 28.9 Å². The highest BCUT2D eigenvalue weighted by Crippen LogP contribution is 2.22. The topological polar surface area (TPSA) is 78.1 Å². The van der Waals surface area contributed by atoms with E-state index in [0.717, 1.165) is 0 Å². The van der Waals surface area contributed by atoms with Gasteiger partial charge in [-0.3, -0.25) is 4.79 Å². The number of piperidine rings is 1. The molecule has 1 fully saturated rings. The zero-order valence-corrected chi connectivity index (χ0v) is 12.1. The number of aliphatic hydroxyl groups is 2. The molecule has 1 atom stereocenters. The number of likely N-dealkylation sites (tertiary alicyclic amines) is 1. The smallest absolute Gasteiger partial charge is 0.274 e. The Hall–Kier alpha value is -1.63. The summed E-state index contributed by atoms with van der Waals surface area (Å²) in [4.78, 5) is 18.3. The monoisotopic (exact) mass is 309 g/mol. The summed E-state index contributed by atoms with van der Waals surface area (Å²) in [6.45, 7) is 0.324. The van der Waals surface area contributed by atoms with Crippen LogP contribution in [0.25, 0.3) is 5.65 Å². The summed E-state index contributed by atoms with van der Waals surface area (Å²) in [7, 11) is 0. The number of hydrogen-bond donors (Lipinski definition) is 2. The number of fused-ring (bicyclic) bond motifs is 1. The van der Waals surface area contributed by atoms with Gasteiger partial charge >= 0.3 is 0 Å². The molecule has 21 heavy (non-hydrogen) atoms. The second-order valence-electron chi connectivity index (χ2n) is 5.45. The van der Waals surface area contributed by atoms with Crippen molar-refractivity contribution in [3.05, 3.63) is 35.2 Å². The fourth-order valence-corrected chi connectivity index (χ4v) is 2.81. The van der Waals surface area contributed by atoms with Crippen molar-refractivity contribution < 1.29 is 15.0 Å². The number of aromatic nitrogens is 2. The fourth-order valence-electron chi connectivity index (χ4n) is 2.64. The van der Waals surface area contributed by atoms with Gasteiger partial charge in [0.25, 0.3) is 5.91 Å². The molecule has 1 saturated heterocycles. The SMILES string of the molecule is O=C(c1cn2cc(Cl)ccc2n1)N1CCC[C@](O)(CO)C1. The minimum absolute atomic E-state index is 0.122. The molecule has 0 bridgehead atoms. The number of pyridine rings is 1. The maximum Gasteiger partial charge on any atom is 0.274 e. The van der Waals surface area contributed by atoms with Gasteiger partial charge in [0.15, 0.2) is 0 Å². The van der Waals surface area contributed by atoms with Crippen LogP contribution >= 0.6 is 11.6 Å². The summed E-state index contributed by atoms with van der Waals surface area (Å²) >= 11 is 5.91. The predicted octanol–water partition coefficient (Wildman–Crippen LogP) is 0.947. The minimum atomic E-state index is -1.21. The first-order valence-electron chi connectivity index (χ1n) is 6.77. The molecule has 7 heteroatoms. The molecule has 3 rings (SSSR count). The third-order valence-electron chi connectivity index (χ3n) is 3.77. The molecule has 1 aliphatic heterocycles. The van der Waals surface area contributed by atoms with Crippen molar-refractivity contribution in [1.82, 2.24) is 14.3 Å². The lowest BCUT2D eigenvalue weighted by molar-refractivity contribution is -0.0599. The molecule has 1 amide bonds. The zero-order chi connectivity index (χ0) is 15.0. The number of aliphatic hydroxyl groups excluding tert-OH is 1. The number of rotatable bonds is 2. The second kappa shape index (κ2) is 5.29. The lowest BCUT2D eigenvalue weighted by atomic mass is 9.93. The van der Waals surface area contributed by atoms with Gasteiger partial charge in [-0.15, -0.1) is 0 Å². The molecular formula is C14H16ClN3O3. The molecule has 0 aliphatic carbocycles. The van der Waals surface area contributed by atoms with Gasteiger partial charge in [0.1, 0.15) is 16.9 Å². The van der Waals surface area contributed by atoms with E-state index < -0.39 is 5.60 Å². The maximum absolute atomic E-state index is 12.5. The van der Waals surface area contributed by atoms with Gasteiger partial charge in [0.05, 0.1) is 18.2 Å². The minimum Gasteiger partial charge on any atom is -0.393 e. The number of halogens is 1. The van der Waals surface area contributed by atoms with Crippen molar-refractivity contribution >= 4 is 23.2 Å². The highest BCUT2D eigenvalue weighted by molar-refractivity contribution is 6.30. The Kier molecular flexibility index (Phi) is 3.61. The molecule has 0 spiro atoms. The first-order chi connectivity index (χ1) is 10.0. The van der Waals surface area contributed by atoms with Crippen LogP contribution in [0.15, 0.2) is 24.5 Å². The van der Waals surface area contributed by atoms with Crippen molar-refractivity contribution in [2.45, 2.75) is 18.4 Å². The number of hydrogen-bond acceptors (Lipinski definition) is 4. The molecule has 0 unspecified atom stereocenters. The molecule has 112 valence electrons. The molecule has 2 N–H and O–H groups in total. The molecule has 0 saturated carbocycles. The summed E-state index contributed by atoms with van der Waals surface area (Å²) in [6.07, 6.45) is 4.45. The molecule has 2 aromatic rings. The number of nitrogens with zero attached hydrogens (tertiary/aromatic N) is 3. The normalized spacial score (nSPS) is 22.7. The standard InChI is InChI=1S/C14H16ClN3O3/c15-10-2-3-12-16-11(7-18(12)6-10)13(20)17-5-1-4-14(21,8-17)9-19/h2-3,6-7,19,21H,1,4-5,8-9H2/t14-/m1/s1. The van der Waals surface area contributed by atoms with Gasteiger partial charge in [0.2, 0.25) is 0 Å². The van der Waals surface area contributed by atoms with Gasteiger partial charge < -0.3 is 19.5 Å². The van der Waals surface area contributed by atoms with Crippen molar-refractivity contribution in [3.63, 3.8) is 0 Å². The quantitative estimate of drug-likeness (QED) is 0.866. The molecule has 3 heterocycles. The van der Waals surface area contributed by atoms with Gasteiger partial charge in [-0.2, -0.15) is 0 Å². The molecule has 0 aromatic carbocycles. The van der Waals surface area contributed by atoms with Crippen LogP contribution in [0.3, 0.4) is 0 Å². The summed E-state index contributed by atoms with van der Waals surface area (Å²) < 4.78 is 1.69. The van der Waals surface area contributed by atoms with E-state index >= 15 is 0 Å². The van der Waals surface area contributed by atoms with E-state index in [2.05, 4.69) is 4.98 Å². The van der Waals surface area contributed by atoms with Crippen LogP contribution in [0.2, 0.25) is 5.02 Å². The van der Waals surface area contributed by atoms with E-state index in [1.165, 1.54) is 4.90 Å². The van der Waals surface area contributed by atoms with Gasteiger partial charge in [-0.25, -0.2) is 4.98 Å². The average Bonchev–Trinajstić information content (AvgIpc) is 2.89. The van der Waals surface area contributed by atoms with Crippen molar-refractivity contribution in [1.29, 1.82) is 0 Å². The van der Waals surface area contributed by atoms with E-state index in [9.17, 15) is 15.0 Å². The Morgan fingerprint density at radius 2 is 2.24 bits per heavy atom. The Balaban J connectivity index is 1.86. The largest absolute Gasteiger partial charge is 0.393 e. The third-order valence-corrected chi connectivity index (χ3v) is 3.99. The summed E-state index contributed by atoms with van der Waals surface area (Å²) in [6, 6.07) is 3.45. The summed E-state index contributed by atoms with van der Waals surface area (Å²) in [5.41, 5.74) is -0.271. The molecule has 0 radical (unpaired) electrons. The maximum atomic E-state index is 12.5. The Morgan fingerprint density at radius 3 is 3.00 bits per heavy atom. The van der Waals surface area contributed by atoms with Crippen LogP contribution in [0, 0.1) is 0 Å². The Morgan fingerprint density at radius 1 is 1.43 bits per heavy atom. The van der Waals surface area contributed by atoms with Gasteiger partial charge in [-0.05, 0) is 25.0 Å². The van der Waals surface area contributed by atoms with E-state index in [1.807, 2.05) is 0 Å². The first-order valence-corrected chi connectivity index (χ1v) is 7.15. The van der Waals surface area contributed by atoms with Crippen LogP contribution in [0.5, 0.6) is 0 Å². The van der Waals surface area contributed by atoms with Crippen molar-refractivity contribution in [2.24, 2.45) is 0 Å². The van der Waals surface area contributed by atoms with Crippen LogP contribution in [-0.4, -0.2) is 55.7 Å². The molecule has 1 aliphatic rings. The van der Waals surface area contributed by atoms with Crippen molar-refractivity contribution in [2.75, 3.05) is 19.7 Å². The van der Waals surface area contributed by atoms with Crippen LogP contribution in [-0.2, 0) is 0 Å². The van der Waals surface area contributed by atoms with Gasteiger partial charge in [-0.1, -0.05) is 11.6 Å². The van der Waals surface area contributed by atoms with E-state index in [0.29, 0.717) is 35.8 Å². The Labute approximate surface area is 126 Å². The van der Waals surface area contributed by atoms with Crippen LogP contribution < -0.4 is 0 Å². The van der Waals surface area contributed by atoms with E-state index in [-0.39, 0.29) is 19.1 Å². The molecule has 2 aromatic heterocycles. The highest BCUT2D eigenvalue weighted by Gasteiger charge is 2.35. The zero-order valence-electron chi connectivity index (χ0n) is 11.4. The summed E-state index contributed by atoms with van der Waals surface area (Å²) in [5.74, 6) is -0.249. The molecule has 6 nitrogen and oxygen atoms in total. The Bertz CT molecular complexity index is 687. The number of carbonyl (C=O) groups is 1. The lowest BCUT2D eigenvalue weighted by Gasteiger charge is -2.37.